The molecule has 0 amide bonds. The lowest BCUT2D eigenvalue weighted by Gasteiger charge is -2.09. The highest BCUT2D eigenvalue weighted by molar-refractivity contribution is 6.25. The molecule has 1 aliphatic rings. The Morgan fingerprint density at radius 2 is 0.708 bits per heavy atom. The molecular formula is C23H20O. The molecule has 0 spiro atoms. The van der Waals surface area contributed by atoms with Crippen LogP contribution >= 0.6 is 0 Å². The molecule has 1 fully saturated rings. The van der Waals surface area contributed by atoms with Crippen molar-refractivity contribution in [3.63, 3.8) is 0 Å². The zero-order valence-electron chi connectivity index (χ0n) is 13.7. The standard InChI is InChI=1S/C18H12.C5H8O/c1-2-8-14-13(7-1)15-9-3-4-11-17(15)18-12-6-5-10-16(14)18;6-5-3-1-2-4-5/h1-12H;1-4H2. The van der Waals surface area contributed by atoms with E-state index in [4.69, 9.17) is 0 Å². The van der Waals surface area contributed by atoms with Gasteiger partial charge in [-0.05, 0) is 45.2 Å². The van der Waals surface area contributed by atoms with Crippen LogP contribution in [0.3, 0.4) is 0 Å². The van der Waals surface area contributed by atoms with E-state index in [1.165, 1.54) is 32.3 Å². The van der Waals surface area contributed by atoms with Crippen LogP contribution in [0.25, 0.3) is 32.3 Å². The molecular weight excluding hydrogens is 292 g/mol. The molecule has 0 aliphatic heterocycles. The fourth-order valence-electron chi connectivity index (χ4n) is 3.63. The topological polar surface area (TPSA) is 17.1 Å². The highest BCUT2D eigenvalue weighted by atomic mass is 16.1. The summed E-state index contributed by atoms with van der Waals surface area (Å²) in [6, 6.07) is 26.0. The molecule has 1 saturated carbocycles. The summed E-state index contributed by atoms with van der Waals surface area (Å²) in [5, 5.41) is 8.04. The monoisotopic (exact) mass is 312 g/mol. The summed E-state index contributed by atoms with van der Waals surface area (Å²) in [5.41, 5.74) is 0. The largest absolute Gasteiger partial charge is 0.300 e. The first kappa shape index (κ1) is 14.9. The van der Waals surface area contributed by atoms with Gasteiger partial charge in [-0.25, -0.2) is 0 Å². The average molecular weight is 312 g/mol. The summed E-state index contributed by atoms with van der Waals surface area (Å²) < 4.78 is 0. The van der Waals surface area contributed by atoms with Crippen molar-refractivity contribution in [1.29, 1.82) is 0 Å². The van der Waals surface area contributed by atoms with Crippen LogP contribution in [0.5, 0.6) is 0 Å². The molecule has 0 heterocycles. The third-order valence-electron chi connectivity index (χ3n) is 4.81. The maximum absolute atomic E-state index is 10.2. The SMILES string of the molecule is O=C1CCCC1.c1ccc2c(c1)c1ccccc1c1ccccc21. The minimum absolute atomic E-state index is 0.454. The molecule has 5 rings (SSSR count). The Hall–Kier alpha value is -2.67. The zero-order chi connectivity index (χ0) is 16.4. The van der Waals surface area contributed by atoms with E-state index >= 15 is 0 Å². The molecule has 0 atom stereocenters. The summed E-state index contributed by atoms with van der Waals surface area (Å²) in [6.45, 7) is 0. The highest BCUT2D eigenvalue weighted by Gasteiger charge is 2.07. The lowest BCUT2D eigenvalue weighted by atomic mass is 9.95. The summed E-state index contributed by atoms with van der Waals surface area (Å²) in [7, 11) is 0. The number of benzene rings is 4. The van der Waals surface area contributed by atoms with Crippen LogP contribution in [0.4, 0.5) is 0 Å². The Bertz CT molecular complexity index is 801. The second-order valence-electron chi connectivity index (χ2n) is 6.38. The van der Waals surface area contributed by atoms with E-state index in [-0.39, 0.29) is 0 Å². The minimum atomic E-state index is 0.454. The van der Waals surface area contributed by atoms with Gasteiger partial charge in [0.2, 0.25) is 0 Å². The molecule has 0 aromatic heterocycles. The number of fused-ring (bicyclic) bond motifs is 6. The van der Waals surface area contributed by atoms with Gasteiger partial charge in [-0.1, -0.05) is 72.8 Å². The van der Waals surface area contributed by atoms with Crippen molar-refractivity contribution in [2.24, 2.45) is 0 Å². The summed E-state index contributed by atoms with van der Waals surface area (Å²) >= 11 is 0. The van der Waals surface area contributed by atoms with Gasteiger partial charge in [0.05, 0.1) is 0 Å². The maximum Gasteiger partial charge on any atom is 0.132 e. The van der Waals surface area contributed by atoms with E-state index in [1.54, 1.807) is 0 Å². The maximum atomic E-state index is 10.2. The van der Waals surface area contributed by atoms with Gasteiger partial charge in [0, 0.05) is 12.8 Å². The Labute approximate surface area is 141 Å². The van der Waals surface area contributed by atoms with Crippen LogP contribution < -0.4 is 0 Å². The van der Waals surface area contributed by atoms with Gasteiger partial charge in [-0.15, -0.1) is 0 Å². The molecule has 24 heavy (non-hydrogen) atoms. The van der Waals surface area contributed by atoms with Crippen LogP contribution in [0.15, 0.2) is 72.8 Å². The number of ketones is 1. The van der Waals surface area contributed by atoms with Crippen LogP contribution in [0, 0.1) is 0 Å². The van der Waals surface area contributed by atoms with Crippen molar-refractivity contribution in [1.82, 2.24) is 0 Å². The van der Waals surface area contributed by atoms with Gasteiger partial charge in [0.1, 0.15) is 5.78 Å². The van der Waals surface area contributed by atoms with Gasteiger partial charge in [0.15, 0.2) is 0 Å². The molecule has 0 N–H and O–H groups in total. The molecule has 0 radical (unpaired) electrons. The van der Waals surface area contributed by atoms with E-state index in [0.717, 1.165) is 25.7 Å². The number of hydrogen-bond donors (Lipinski definition) is 0. The number of Topliss-reactive ketones (excluding diaryl/α,β-unsaturated/α-hetero) is 1. The summed E-state index contributed by atoms with van der Waals surface area (Å²) in [5.74, 6) is 0.454. The van der Waals surface area contributed by atoms with Crippen LogP contribution in [-0.4, -0.2) is 5.78 Å². The van der Waals surface area contributed by atoms with Gasteiger partial charge in [-0.3, -0.25) is 4.79 Å². The molecule has 1 nitrogen and oxygen atoms in total. The van der Waals surface area contributed by atoms with Crippen molar-refractivity contribution in [3.05, 3.63) is 72.8 Å². The fraction of sp³-hybridized carbons (Fsp3) is 0.174. The van der Waals surface area contributed by atoms with Crippen LogP contribution in [0.2, 0.25) is 0 Å². The molecule has 4 aromatic carbocycles. The van der Waals surface area contributed by atoms with Crippen molar-refractivity contribution < 1.29 is 4.79 Å². The zero-order valence-corrected chi connectivity index (χ0v) is 13.7. The molecule has 0 unspecified atom stereocenters. The van der Waals surface area contributed by atoms with Gasteiger partial charge in [0.25, 0.3) is 0 Å². The molecule has 118 valence electrons. The minimum Gasteiger partial charge on any atom is -0.300 e. The first-order valence-corrected chi connectivity index (χ1v) is 8.64. The normalized spacial score (nSPS) is 14.1. The molecule has 1 heteroatoms. The molecule has 0 saturated heterocycles. The van der Waals surface area contributed by atoms with Crippen molar-refractivity contribution in [2.45, 2.75) is 25.7 Å². The number of carbonyl (C=O) groups is 1. The van der Waals surface area contributed by atoms with E-state index in [1.807, 2.05) is 0 Å². The second kappa shape index (κ2) is 6.45. The Morgan fingerprint density at radius 3 is 0.875 bits per heavy atom. The third kappa shape index (κ3) is 2.67. The molecule has 1 aliphatic carbocycles. The third-order valence-corrected chi connectivity index (χ3v) is 4.81. The predicted molar refractivity (Wildman–Crippen MR) is 102 cm³/mol. The number of rotatable bonds is 0. The quantitative estimate of drug-likeness (QED) is 0.349. The average Bonchev–Trinajstić information content (AvgIpc) is 3.14. The second-order valence-corrected chi connectivity index (χ2v) is 6.38. The van der Waals surface area contributed by atoms with Crippen molar-refractivity contribution >= 4 is 38.1 Å². The smallest absolute Gasteiger partial charge is 0.132 e. The van der Waals surface area contributed by atoms with Crippen LogP contribution in [-0.2, 0) is 4.79 Å². The van der Waals surface area contributed by atoms with Gasteiger partial charge < -0.3 is 0 Å². The van der Waals surface area contributed by atoms with E-state index in [2.05, 4.69) is 72.8 Å². The Morgan fingerprint density at radius 1 is 0.458 bits per heavy atom. The Kier molecular flexibility index (Phi) is 4.00. The van der Waals surface area contributed by atoms with E-state index in [9.17, 15) is 4.79 Å². The summed E-state index contributed by atoms with van der Waals surface area (Å²) in [6.07, 6.45) is 3.97. The Balaban J connectivity index is 0.000000207. The van der Waals surface area contributed by atoms with Crippen LogP contribution in [0.1, 0.15) is 25.7 Å². The van der Waals surface area contributed by atoms with Gasteiger partial charge in [-0.2, -0.15) is 0 Å². The first-order chi connectivity index (χ1) is 11.8. The van der Waals surface area contributed by atoms with E-state index < -0.39 is 0 Å². The fourth-order valence-corrected chi connectivity index (χ4v) is 3.63. The number of carbonyl (C=O) groups excluding carboxylic acids is 1. The molecule has 0 bridgehead atoms. The van der Waals surface area contributed by atoms with Crippen molar-refractivity contribution in [2.75, 3.05) is 0 Å². The first-order valence-electron chi connectivity index (χ1n) is 8.64. The van der Waals surface area contributed by atoms with E-state index in [0.29, 0.717) is 5.78 Å². The van der Waals surface area contributed by atoms with Crippen molar-refractivity contribution in [3.8, 4) is 0 Å². The lowest BCUT2D eigenvalue weighted by Crippen LogP contribution is -1.81. The number of hydrogen-bond acceptors (Lipinski definition) is 1. The molecule has 4 aromatic rings. The summed E-state index contributed by atoms with van der Waals surface area (Å²) in [4.78, 5) is 10.2. The lowest BCUT2D eigenvalue weighted by molar-refractivity contribution is -0.117. The van der Waals surface area contributed by atoms with Gasteiger partial charge >= 0.3 is 0 Å². The predicted octanol–water partition coefficient (Wildman–Crippen LogP) is 6.28. The highest BCUT2D eigenvalue weighted by Crippen LogP contribution is 2.34.